The second kappa shape index (κ2) is 4.30. The second-order valence-corrected chi connectivity index (χ2v) is 4.45. The zero-order valence-electron chi connectivity index (χ0n) is 6.58. The smallest absolute Gasteiger partial charge is 0.172 e. The number of hydrogen-bond donors (Lipinski definition) is 1. The highest BCUT2D eigenvalue weighted by atomic mass is 35.5. The van der Waals surface area contributed by atoms with Crippen LogP contribution >= 0.6 is 23.4 Å². The molecule has 0 saturated carbocycles. The molecule has 0 atom stereocenters. The van der Waals surface area contributed by atoms with Crippen molar-refractivity contribution in [3.8, 4) is 0 Å². The van der Waals surface area contributed by atoms with E-state index in [1.54, 1.807) is 6.26 Å². The van der Waals surface area contributed by atoms with Crippen LogP contribution in [0.25, 0.3) is 0 Å². The zero-order valence-corrected chi connectivity index (χ0v) is 9.05. The minimum atomic E-state index is -2.97. The summed E-state index contributed by atoms with van der Waals surface area (Å²) in [5.41, 5.74) is 0. The average molecular weight is 241 g/mol. The Morgan fingerprint density at radius 3 is 2.46 bits per heavy atom. The topological polar surface area (TPSA) is 34.1 Å². The highest BCUT2D eigenvalue weighted by Crippen LogP contribution is 2.27. The summed E-state index contributed by atoms with van der Waals surface area (Å²) in [6, 6.07) is 2.58. The van der Waals surface area contributed by atoms with Gasteiger partial charge in [-0.25, -0.2) is 12.8 Å². The standard InChI is InChI=1S/C7H6ClFO2S2/c1-12-4-2-5(8)7(13(10)11)6(9)3-4/h2-3,13H,1H3. The third kappa shape index (κ3) is 2.36. The van der Waals surface area contributed by atoms with E-state index in [1.807, 2.05) is 0 Å². The minimum absolute atomic E-state index is 0.0690. The van der Waals surface area contributed by atoms with Crippen LogP contribution in [0.1, 0.15) is 0 Å². The van der Waals surface area contributed by atoms with Crippen molar-refractivity contribution in [3.63, 3.8) is 0 Å². The van der Waals surface area contributed by atoms with E-state index in [0.717, 1.165) is 6.07 Å². The Kier molecular flexibility index (Phi) is 3.58. The van der Waals surface area contributed by atoms with Crippen LogP contribution in [-0.4, -0.2) is 14.7 Å². The summed E-state index contributed by atoms with van der Waals surface area (Å²) in [6.45, 7) is 0. The van der Waals surface area contributed by atoms with Crippen LogP contribution in [0, 0.1) is 5.82 Å². The van der Waals surface area contributed by atoms with E-state index in [9.17, 15) is 12.8 Å². The first-order valence-electron chi connectivity index (χ1n) is 3.23. The van der Waals surface area contributed by atoms with E-state index in [2.05, 4.69) is 0 Å². The molecule has 0 aliphatic heterocycles. The van der Waals surface area contributed by atoms with Gasteiger partial charge in [0, 0.05) is 4.90 Å². The van der Waals surface area contributed by atoms with Crippen molar-refractivity contribution in [3.05, 3.63) is 23.0 Å². The lowest BCUT2D eigenvalue weighted by Gasteiger charge is -2.01. The van der Waals surface area contributed by atoms with Gasteiger partial charge in [-0.2, -0.15) is 0 Å². The molecule has 0 amide bonds. The Bertz CT molecular complexity index is 372. The van der Waals surface area contributed by atoms with E-state index >= 15 is 0 Å². The molecular formula is C7H6ClFO2S2. The number of thioether (sulfide) groups is 1. The summed E-state index contributed by atoms with van der Waals surface area (Å²) in [4.78, 5) is 0.164. The molecule has 0 aromatic heterocycles. The number of rotatable bonds is 2. The second-order valence-electron chi connectivity index (χ2n) is 2.20. The van der Waals surface area contributed by atoms with Gasteiger partial charge in [0.2, 0.25) is 0 Å². The van der Waals surface area contributed by atoms with Crippen LogP contribution in [0.4, 0.5) is 4.39 Å². The summed E-state index contributed by atoms with van der Waals surface area (Å²) in [5.74, 6) is -0.798. The first kappa shape index (κ1) is 10.8. The number of hydrogen-bond acceptors (Lipinski definition) is 3. The fourth-order valence-corrected chi connectivity index (χ4v) is 2.25. The lowest BCUT2D eigenvalue weighted by molar-refractivity contribution is 0.576. The molecule has 0 radical (unpaired) electrons. The molecular weight excluding hydrogens is 235 g/mol. The van der Waals surface area contributed by atoms with Gasteiger partial charge in [0.05, 0.1) is 5.02 Å². The SMILES string of the molecule is CSc1cc(F)c([SH](=O)=O)c(Cl)c1. The van der Waals surface area contributed by atoms with Gasteiger partial charge in [0.15, 0.2) is 10.7 Å². The monoisotopic (exact) mass is 240 g/mol. The van der Waals surface area contributed by atoms with E-state index < -0.39 is 21.4 Å². The zero-order chi connectivity index (χ0) is 10.0. The summed E-state index contributed by atoms with van der Waals surface area (Å²) in [5, 5.41) is -0.0690. The molecule has 72 valence electrons. The van der Waals surface area contributed by atoms with Crippen molar-refractivity contribution < 1.29 is 12.8 Å². The molecule has 13 heavy (non-hydrogen) atoms. The molecule has 2 nitrogen and oxygen atoms in total. The van der Waals surface area contributed by atoms with Crippen LogP contribution in [-0.2, 0) is 10.7 Å². The van der Waals surface area contributed by atoms with Crippen molar-refractivity contribution in [2.75, 3.05) is 6.26 Å². The molecule has 0 N–H and O–H groups in total. The van der Waals surface area contributed by atoms with Crippen molar-refractivity contribution in [1.82, 2.24) is 0 Å². The Morgan fingerprint density at radius 2 is 2.08 bits per heavy atom. The van der Waals surface area contributed by atoms with Crippen molar-refractivity contribution in [1.29, 1.82) is 0 Å². The molecule has 1 rings (SSSR count). The molecule has 0 saturated heterocycles. The first-order chi connectivity index (χ1) is 6.06. The molecule has 0 unspecified atom stereocenters. The van der Waals surface area contributed by atoms with Gasteiger partial charge in [0.1, 0.15) is 10.7 Å². The Morgan fingerprint density at radius 1 is 1.46 bits per heavy atom. The van der Waals surface area contributed by atoms with Crippen molar-refractivity contribution in [2.24, 2.45) is 0 Å². The number of thiol groups is 1. The van der Waals surface area contributed by atoms with Gasteiger partial charge in [-0.15, -0.1) is 11.8 Å². The van der Waals surface area contributed by atoms with Gasteiger partial charge in [-0.05, 0) is 18.4 Å². The first-order valence-corrected chi connectivity index (χ1v) is 6.01. The molecule has 1 aromatic carbocycles. The van der Waals surface area contributed by atoms with Gasteiger partial charge in [-0.1, -0.05) is 11.6 Å². The molecule has 0 bridgehead atoms. The summed E-state index contributed by atoms with van der Waals surface area (Å²) in [6.07, 6.45) is 1.75. The number of benzene rings is 1. The lowest BCUT2D eigenvalue weighted by Crippen LogP contribution is -1.89. The molecule has 0 fully saturated rings. The van der Waals surface area contributed by atoms with Gasteiger partial charge in [0.25, 0.3) is 0 Å². The Balaban J connectivity index is 3.39. The van der Waals surface area contributed by atoms with Gasteiger partial charge < -0.3 is 0 Å². The largest absolute Gasteiger partial charge is 0.227 e. The predicted molar refractivity (Wildman–Crippen MR) is 51.8 cm³/mol. The third-order valence-electron chi connectivity index (χ3n) is 1.41. The van der Waals surface area contributed by atoms with Crippen LogP contribution in [0.2, 0.25) is 5.02 Å². The fraction of sp³-hybridized carbons (Fsp3) is 0.143. The predicted octanol–water partition coefficient (Wildman–Crippen LogP) is 2.17. The van der Waals surface area contributed by atoms with Gasteiger partial charge in [-0.3, -0.25) is 0 Å². The van der Waals surface area contributed by atoms with Crippen LogP contribution < -0.4 is 0 Å². The summed E-state index contributed by atoms with van der Waals surface area (Å²) in [7, 11) is -2.97. The molecule has 0 spiro atoms. The quantitative estimate of drug-likeness (QED) is 0.636. The van der Waals surface area contributed by atoms with Gasteiger partial charge >= 0.3 is 0 Å². The fourth-order valence-electron chi connectivity index (χ4n) is 0.835. The maximum Gasteiger partial charge on any atom is 0.172 e. The normalized spacial score (nSPS) is 10.8. The van der Waals surface area contributed by atoms with E-state index in [4.69, 9.17) is 11.6 Å². The summed E-state index contributed by atoms with van der Waals surface area (Å²) >= 11 is 6.87. The molecule has 1 aromatic rings. The van der Waals surface area contributed by atoms with Crippen molar-refractivity contribution >= 4 is 34.1 Å². The van der Waals surface area contributed by atoms with E-state index in [-0.39, 0.29) is 5.02 Å². The minimum Gasteiger partial charge on any atom is -0.227 e. The molecule has 0 heterocycles. The Labute approximate surface area is 86.0 Å². The number of halogens is 2. The van der Waals surface area contributed by atoms with E-state index in [1.165, 1.54) is 17.8 Å². The van der Waals surface area contributed by atoms with Crippen molar-refractivity contribution in [2.45, 2.75) is 9.79 Å². The van der Waals surface area contributed by atoms with E-state index in [0.29, 0.717) is 4.90 Å². The highest BCUT2D eigenvalue weighted by molar-refractivity contribution is 7.98. The maximum absolute atomic E-state index is 13.1. The van der Waals surface area contributed by atoms with Crippen LogP contribution in [0.15, 0.2) is 21.9 Å². The summed E-state index contributed by atoms with van der Waals surface area (Å²) < 4.78 is 34.2. The molecule has 6 heteroatoms. The Hall–Kier alpha value is -0.260. The lowest BCUT2D eigenvalue weighted by atomic mass is 10.3. The third-order valence-corrected chi connectivity index (χ3v) is 3.37. The molecule has 0 aliphatic carbocycles. The van der Waals surface area contributed by atoms with Crippen LogP contribution in [0.5, 0.6) is 0 Å². The highest BCUT2D eigenvalue weighted by Gasteiger charge is 2.11. The molecule has 0 aliphatic rings. The van der Waals surface area contributed by atoms with Crippen LogP contribution in [0.3, 0.4) is 0 Å². The average Bonchev–Trinajstić information content (AvgIpc) is 2.02. The maximum atomic E-state index is 13.1.